The zero-order valence-corrected chi connectivity index (χ0v) is 17.1. The summed E-state index contributed by atoms with van der Waals surface area (Å²) in [5, 5.41) is 59.4. The Balaban J connectivity index is 1.49. The average Bonchev–Trinajstić information content (AvgIpc) is 2.74. The lowest BCUT2D eigenvalue weighted by molar-refractivity contribution is 0.307. The van der Waals surface area contributed by atoms with Gasteiger partial charge in [-0.1, -0.05) is 0 Å². The van der Waals surface area contributed by atoms with E-state index in [1.807, 2.05) is 0 Å². The van der Waals surface area contributed by atoms with Crippen molar-refractivity contribution < 1.29 is 49.6 Å². The van der Waals surface area contributed by atoms with Crippen LogP contribution < -0.4 is 18.9 Å². The average molecular weight is 464 g/mol. The maximum Gasteiger partial charge on any atom is 0.216 e. The van der Waals surface area contributed by atoms with Gasteiger partial charge < -0.3 is 49.6 Å². The molecule has 0 fully saturated rings. The number of hydrogen-bond acceptors (Lipinski definition) is 10. The number of benzene rings is 4. The van der Waals surface area contributed by atoms with Gasteiger partial charge in [-0.15, -0.1) is 0 Å². The number of aromatic hydroxyl groups is 6. The van der Waals surface area contributed by atoms with Gasteiger partial charge in [0.15, 0.2) is 23.0 Å². The predicted octanol–water partition coefficient (Wildman–Crippen LogP) is 5.40. The molecule has 5 rings (SSSR count). The van der Waals surface area contributed by atoms with Crippen LogP contribution in [0.5, 0.6) is 80.5 Å². The number of phenols is 6. The zero-order valence-electron chi connectivity index (χ0n) is 17.1. The van der Waals surface area contributed by atoms with Crippen molar-refractivity contribution in [3.63, 3.8) is 0 Å². The van der Waals surface area contributed by atoms with Gasteiger partial charge in [-0.05, 0) is 12.1 Å². The first kappa shape index (κ1) is 20.8. The molecule has 0 spiro atoms. The maximum absolute atomic E-state index is 10.5. The lowest BCUT2D eigenvalue weighted by Crippen LogP contribution is -2.02. The number of phenolic OH excluding ortho intramolecular Hbond substituents is 6. The molecule has 0 saturated heterocycles. The first-order valence-corrected chi connectivity index (χ1v) is 9.75. The number of ether oxygens (including phenoxy) is 4. The Morgan fingerprint density at radius 2 is 1.03 bits per heavy atom. The highest BCUT2D eigenvalue weighted by Crippen LogP contribution is 2.57. The summed E-state index contributed by atoms with van der Waals surface area (Å²) >= 11 is 0. The van der Waals surface area contributed by atoms with Crippen molar-refractivity contribution in [1.82, 2.24) is 0 Å². The van der Waals surface area contributed by atoms with Crippen molar-refractivity contribution in [2.75, 3.05) is 0 Å². The van der Waals surface area contributed by atoms with E-state index < -0.39 is 0 Å². The normalized spacial score (nSPS) is 11.5. The first-order chi connectivity index (χ1) is 16.2. The van der Waals surface area contributed by atoms with Crippen LogP contribution >= 0.6 is 0 Å². The number of rotatable bonds is 4. The fraction of sp³-hybridized carbons (Fsp3) is 0. The molecule has 0 saturated carbocycles. The summed E-state index contributed by atoms with van der Waals surface area (Å²) in [5.74, 6) is -1.45. The molecule has 0 radical (unpaired) electrons. The van der Waals surface area contributed by atoms with Gasteiger partial charge in [-0.25, -0.2) is 0 Å². The Morgan fingerprint density at radius 1 is 0.471 bits per heavy atom. The van der Waals surface area contributed by atoms with Crippen LogP contribution in [0, 0.1) is 0 Å². The molecular weight excluding hydrogens is 448 g/mol. The molecule has 6 N–H and O–H groups in total. The maximum atomic E-state index is 10.5. The molecule has 0 amide bonds. The minimum atomic E-state index is -0.369. The highest BCUT2D eigenvalue weighted by Gasteiger charge is 2.29. The minimum Gasteiger partial charge on any atom is -0.508 e. The van der Waals surface area contributed by atoms with E-state index in [9.17, 15) is 30.6 Å². The van der Waals surface area contributed by atoms with Crippen LogP contribution in [0.4, 0.5) is 0 Å². The van der Waals surface area contributed by atoms with E-state index in [-0.39, 0.29) is 80.5 Å². The Kier molecular flexibility index (Phi) is 4.75. The second kappa shape index (κ2) is 7.78. The van der Waals surface area contributed by atoms with Crippen molar-refractivity contribution in [2.45, 2.75) is 0 Å². The van der Waals surface area contributed by atoms with Crippen molar-refractivity contribution >= 4 is 0 Å². The van der Waals surface area contributed by atoms with Crippen LogP contribution in [0.25, 0.3) is 0 Å². The summed E-state index contributed by atoms with van der Waals surface area (Å²) in [6.45, 7) is 0. The SMILES string of the molecule is Oc1cc(O)cc(Oc2cc(O)c3c(c2)Oc2c(O)ccc(Oc4cc(O)cc(O)c4)c2O3)c1. The lowest BCUT2D eigenvalue weighted by atomic mass is 10.2. The standard InChI is InChI=1S/C24H16O10/c25-11-3-12(26)6-15(5-11)31-17-9-19(30)22-21(10-17)33-23-18(29)1-2-20(24(23)34-22)32-16-7-13(27)4-14(28)8-16/h1-10,25-30H. The van der Waals surface area contributed by atoms with Crippen LogP contribution in [0.2, 0.25) is 0 Å². The van der Waals surface area contributed by atoms with Crippen molar-refractivity contribution in [1.29, 1.82) is 0 Å². The zero-order chi connectivity index (χ0) is 24.0. The van der Waals surface area contributed by atoms with E-state index in [2.05, 4.69) is 0 Å². The van der Waals surface area contributed by atoms with Gasteiger partial charge in [-0.2, -0.15) is 0 Å². The van der Waals surface area contributed by atoms with E-state index in [0.717, 1.165) is 12.1 Å². The van der Waals surface area contributed by atoms with Gasteiger partial charge in [-0.3, -0.25) is 0 Å². The molecule has 34 heavy (non-hydrogen) atoms. The monoisotopic (exact) mass is 464 g/mol. The molecule has 1 aliphatic rings. The summed E-state index contributed by atoms with van der Waals surface area (Å²) in [7, 11) is 0. The van der Waals surface area contributed by atoms with Crippen LogP contribution in [0.15, 0.2) is 60.7 Å². The largest absolute Gasteiger partial charge is 0.508 e. The summed E-state index contributed by atoms with van der Waals surface area (Å²) in [6, 6.07) is 12.6. The molecule has 4 aromatic carbocycles. The van der Waals surface area contributed by atoms with Crippen molar-refractivity contribution in [3.8, 4) is 80.5 Å². The molecule has 10 heteroatoms. The van der Waals surface area contributed by atoms with E-state index >= 15 is 0 Å². The highest BCUT2D eigenvalue weighted by atomic mass is 16.6. The Morgan fingerprint density at radius 3 is 1.65 bits per heavy atom. The quantitative estimate of drug-likeness (QED) is 0.203. The fourth-order valence-electron chi connectivity index (χ4n) is 3.34. The van der Waals surface area contributed by atoms with E-state index in [1.165, 1.54) is 48.5 Å². The van der Waals surface area contributed by atoms with Crippen molar-refractivity contribution in [2.24, 2.45) is 0 Å². The van der Waals surface area contributed by atoms with Gasteiger partial charge in [0.05, 0.1) is 0 Å². The van der Waals surface area contributed by atoms with Gasteiger partial charge in [0.1, 0.15) is 40.2 Å². The van der Waals surface area contributed by atoms with Crippen LogP contribution in [-0.2, 0) is 0 Å². The predicted molar refractivity (Wildman–Crippen MR) is 116 cm³/mol. The third-order valence-electron chi connectivity index (χ3n) is 4.70. The first-order valence-electron chi connectivity index (χ1n) is 9.75. The minimum absolute atomic E-state index is 0.00863. The molecule has 0 bridgehead atoms. The molecule has 1 heterocycles. The smallest absolute Gasteiger partial charge is 0.216 e. The molecule has 0 atom stereocenters. The Labute approximate surface area is 191 Å². The Bertz CT molecular complexity index is 1390. The molecule has 10 nitrogen and oxygen atoms in total. The third-order valence-corrected chi connectivity index (χ3v) is 4.70. The molecule has 0 aliphatic carbocycles. The Hall–Kier alpha value is -5.12. The third kappa shape index (κ3) is 3.91. The van der Waals surface area contributed by atoms with Gasteiger partial charge >= 0.3 is 0 Å². The number of hydrogen-bond donors (Lipinski definition) is 6. The van der Waals surface area contributed by atoms with Gasteiger partial charge in [0.2, 0.25) is 17.2 Å². The van der Waals surface area contributed by atoms with Gasteiger partial charge in [0, 0.05) is 48.5 Å². The topological polar surface area (TPSA) is 158 Å². The molecule has 1 aliphatic heterocycles. The number of fused-ring (bicyclic) bond motifs is 2. The van der Waals surface area contributed by atoms with Crippen LogP contribution in [0.1, 0.15) is 0 Å². The summed E-state index contributed by atoms with van der Waals surface area (Å²) < 4.78 is 22.8. The van der Waals surface area contributed by atoms with Crippen molar-refractivity contribution in [3.05, 3.63) is 60.7 Å². The second-order valence-corrected chi connectivity index (χ2v) is 7.29. The molecular formula is C24H16O10. The van der Waals surface area contributed by atoms with Crippen LogP contribution in [-0.4, -0.2) is 30.6 Å². The summed E-state index contributed by atoms with van der Waals surface area (Å²) in [6.07, 6.45) is 0. The van der Waals surface area contributed by atoms with Crippen LogP contribution in [0.3, 0.4) is 0 Å². The molecule has 0 aromatic heterocycles. The molecule has 172 valence electrons. The molecule has 4 aromatic rings. The van der Waals surface area contributed by atoms with Gasteiger partial charge in [0.25, 0.3) is 0 Å². The summed E-state index contributed by atoms with van der Waals surface area (Å²) in [4.78, 5) is 0. The molecule has 0 unspecified atom stereocenters. The highest BCUT2D eigenvalue weighted by molar-refractivity contribution is 5.69. The van der Waals surface area contributed by atoms with E-state index in [4.69, 9.17) is 18.9 Å². The second-order valence-electron chi connectivity index (χ2n) is 7.29. The summed E-state index contributed by atoms with van der Waals surface area (Å²) in [5.41, 5.74) is 0. The lowest BCUT2D eigenvalue weighted by Gasteiger charge is -2.24. The van der Waals surface area contributed by atoms with E-state index in [1.54, 1.807) is 0 Å². The van der Waals surface area contributed by atoms with E-state index in [0.29, 0.717) is 0 Å². The fourth-order valence-corrected chi connectivity index (χ4v) is 3.34.